The van der Waals surface area contributed by atoms with Gasteiger partial charge in [-0.2, -0.15) is 0 Å². The van der Waals surface area contributed by atoms with E-state index in [2.05, 4.69) is 81.7 Å². The molecule has 2 aromatic rings. The van der Waals surface area contributed by atoms with Crippen LogP contribution in [-0.2, 0) is 13.3 Å². The van der Waals surface area contributed by atoms with Gasteiger partial charge in [0.2, 0.25) is 25.0 Å². The Kier molecular flexibility index (Phi) is 6.72. The molecule has 2 aromatic carbocycles. The first-order valence-electron chi connectivity index (χ1n) is 9.41. The normalized spacial score (nSPS) is 13.1. The summed E-state index contributed by atoms with van der Waals surface area (Å²) in [7, 11) is -0.828. The molecular formula is C21H34O3Si3. The molecule has 0 bridgehead atoms. The Morgan fingerprint density at radius 1 is 0.556 bits per heavy atom. The van der Waals surface area contributed by atoms with Crippen LogP contribution < -0.4 is 15.6 Å². The minimum absolute atomic E-state index is 1.23. The van der Waals surface area contributed by atoms with Gasteiger partial charge in [-0.05, 0) is 66.0 Å². The van der Waals surface area contributed by atoms with Crippen LogP contribution in [0.5, 0.6) is 0 Å². The highest BCUT2D eigenvalue weighted by atomic mass is 28.4. The van der Waals surface area contributed by atoms with E-state index >= 15 is 0 Å². The highest BCUT2D eigenvalue weighted by molar-refractivity contribution is 7.00. The molecule has 0 spiro atoms. The second-order valence-corrected chi connectivity index (χ2v) is 20.2. The molecule has 0 fully saturated rings. The van der Waals surface area contributed by atoms with Crippen molar-refractivity contribution in [3.63, 3.8) is 0 Å². The summed E-state index contributed by atoms with van der Waals surface area (Å²) in [5.74, 6) is 0. The van der Waals surface area contributed by atoms with Gasteiger partial charge in [0.25, 0.3) is 0 Å². The average molecular weight is 419 g/mol. The Hall–Kier alpha value is -1.03. The van der Waals surface area contributed by atoms with Crippen molar-refractivity contribution in [2.75, 3.05) is 21.3 Å². The number of hydrogen-bond acceptors (Lipinski definition) is 3. The molecule has 0 radical (unpaired) electrons. The zero-order chi connectivity index (χ0) is 20.5. The maximum absolute atomic E-state index is 6.15. The van der Waals surface area contributed by atoms with Gasteiger partial charge >= 0.3 is 0 Å². The van der Waals surface area contributed by atoms with Gasteiger partial charge in [0.05, 0.1) is 0 Å². The van der Waals surface area contributed by atoms with E-state index in [1.165, 1.54) is 26.7 Å². The van der Waals surface area contributed by atoms with Crippen LogP contribution in [0, 0.1) is 0 Å². The molecule has 0 saturated heterocycles. The molecule has 0 aliphatic carbocycles. The van der Waals surface area contributed by atoms with Gasteiger partial charge in [-0.15, -0.1) is 0 Å². The lowest BCUT2D eigenvalue weighted by Gasteiger charge is -2.37. The first kappa shape index (κ1) is 22.3. The van der Waals surface area contributed by atoms with Crippen LogP contribution in [-0.4, -0.2) is 46.3 Å². The van der Waals surface area contributed by atoms with Gasteiger partial charge in [0.1, 0.15) is 0 Å². The summed E-state index contributed by atoms with van der Waals surface area (Å²) >= 11 is 0. The predicted octanol–water partition coefficient (Wildman–Crippen LogP) is 3.53. The minimum Gasteiger partial charge on any atom is -0.416 e. The van der Waals surface area contributed by atoms with E-state index in [1.54, 1.807) is 0 Å². The summed E-state index contributed by atoms with van der Waals surface area (Å²) in [5.41, 5.74) is 2.50. The smallest absolute Gasteiger partial charge is 0.218 e. The van der Waals surface area contributed by atoms with Crippen LogP contribution >= 0.6 is 0 Å². The third-order valence-corrected chi connectivity index (χ3v) is 14.4. The highest BCUT2D eigenvalue weighted by Gasteiger charge is 2.42. The molecule has 0 heterocycles. The number of hydrogen-bond donors (Lipinski definition) is 0. The number of benzene rings is 2. The lowest BCUT2D eigenvalue weighted by atomic mass is 10.1. The van der Waals surface area contributed by atoms with Gasteiger partial charge in [-0.3, -0.25) is 0 Å². The van der Waals surface area contributed by atoms with E-state index in [0.717, 1.165) is 0 Å². The molecule has 0 aliphatic heterocycles. The van der Waals surface area contributed by atoms with Gasteiger partial charge in [0, 0.05) is 21.3 Å². The summed E-state index contributed by atoms with van der Waals surface area (Å²) in [6.45, 7) is 13.7. The second kappa shape index (κ2) is 8.15. The van der Waals surface area contributed by atoms with Crippen molar-refractivity contribution in [1.29, 1.82) is 0 Å². The topological polar surface area (TPSA) is 27.7 Å². The number of rotatable bonds is 7. The average Bonchev–Trinajstić information content (AvgIpc) is 2.67. The summed E-state index contributed by atoms with van der Waals surface area (Å²) in [5, 5.41) is 4.09. The van der Waals surface area contributed by atoms with Gasteiger partial charge in [0.15, 0.2) is 0 Å². The van der Waals surface area contributed by atoms with Crippen molar-refractivity contribution in [3.8, 4) is 11.1 Å². The van der Waals surface area contributed by atoms with Crippen LogP contribution in [0.3, 0.4) is 0 Å². The fraction of sp³-hybridized carbons (Fsp3) is 0.429. The van der Waals surface area contributed by atoms with Crippen molar-refractivity contribution in [2.24, 2.45) is 0 Å². The molecule has 148 valence electrons. The standard InChI is InChI=1S/C21H34O3Si3/c1-22-25(4,5)19-16-15-18(17-13-11-10-12-14-17)20(26(6,7)23-2)21(19)27(8,9)24-3/h10-16H,1-9H3. The van der Waals surface area contributed by atoms with Gasteiger partial charge < -0.3 is 13.3 Å². The Morgan fingerprint density at radius 2 is 1.04 bits per heavy atom. The maximum atomic E-state index is 6.15. The highest BCUT2D eigenvalue weighted by Crippen LogP contribution is 2.22. The molecule has 0 saturated carbocycles. The zero-order valence-electron chi connectivity index (χ0n) is 18.3. The first-order valence-corrected chi connectivity index (χ1v) is 18.1. The first-order chi connectivity index (χ1) is 12.5. The van der Waals surface area contributed by atoms with Crippen molar-refractivity contribution in [3.05, 3.63) is 42.5 Å². The molecule has 0 aromatic heterocycles. The molecule has 0 N–H and O–H groups in total. The van der Waals surface area contributed by atoms with Crippen molar-refractivity contribution in [1.82, 2.24) is 0 Å². The zero-order valence-corrected chi connectivity index (χ0v) is 21.3. The Bertz CT molecular complexity index is 787. The Labute approximate surface area is 168 Å². The predicted molar refractivity (Wildman–Crippen MR) is 124 cm³/mol. The van der Waals surface area contributed by atoms with Crippen LogP contribution in [0.25, 0.3) is 11.1 Å². The van der Waals surface area contributed by atoms with E-state index in [0.29, 0.717) is 0 Å². The molecule has 0 atom stereocenters. The summed E-state index contributed by atoms with van der Waals surface area (Å²) < 4.78 is 18.3. The molecule has 0 aliphatic rings. The summed E-state index contributed by atoms with van der Waals surface area (Å²) in [4.78, 5) is 0. The molecule has 2 rings (SSSR count). The summed E-state index contributed by atoms with van der Waals surface area (Å²) in [6.07, 6.45) is 0. The van der Waals surface area contributed by atoms with E-state index in [4.69, 9.17) is 13.3 Å². The van der Waals surface area contributed by atoms with Gasteiger partial charge in [-0.1, -0.05) is 42.5 Å². The van der Waals surface area contributed by atoms with E-state index in [1.807, 2.05) is 21.3 Å². The molecule has 27 heavy (non-hydrogen) atoms. The lowest BCUT2D eigenvalue weighted by Crippen LogP contribution is -2.70. The van der Waals surface area contributed by atoms with Gasteiger partial charge in [-0.25, -0.2) is 0 Å². The summed E-state index contributed by atoms with van der Waals surface area (Å²) in [6, 6.07) is 15.2. The molecule has 3 nitrogen and oxygen atoms in total. The molecular weight excluding hydrogens is 384 g/mol. The SMILES string of the molecule is CO[Si](C)(C)c1ccc(-c2ccccc2)c([Si](C)(C)OC)c1[Si](C)(C)OC. The van der Waals surface area contributed by atoms with Crippen molar-refractivity contribution < 1.29 is 13.3 Å². The van der Waals surface area contributed by atoms with Crippen LogP contribution in [0.15, 0.2) is 42.5 Å². The molecule has 6 heteroatoms. The Balaban J connectivity index is 3.01. The van der Waals surface area contributed by atoms with Crippen LogP contribution in [0.2, 0.25) is 39.3 Å². The Morgan fingerprint density at radius 3 is 1.52 bits per heavy atom. The van der Waals surface area contributed by atoms with Crippen LogP contribution in [0.1, 0.15) is 0 Å². The van der Waals surface area contributed by atoms with Crippen LogP contribution in [0.4, 0.5) is 0 Å². The van der Waals surface area contributed by atoms with E-state index in [9.17, 15) is 0 Å². The van der Waals surface area contributed by atoms with E-state index < -0.39 is 25.0 Å². The molecule has 0 amide bonds. The fourth-order valence-electron chi connectivity index (χ4n) is 3.53. The fourth-order valence-corrected chi connectivity index (χ4v) is 12.2. The monoisotopic (exact) mass is 418 g/mol. The van der Waals surface area contributed by atoms with Crippen molar-refractivity contribution in [2.45, 2.75) is 39.3 Å². The molecule has 0 unspecified atom stereocenters. The van der Waals surface area contributed by atoms with Crippen molar-refractivity contribution >= 4 is 40.5 Å². The third-order valence-electron chi connectivity index (χ3n) is 5.67. The largest absolute Gasteiger partial charge is 0.416 e. The minimum atomic E-state index is -2.15. The maximum Gasteiger partial charge on any atom is 0.218 e. The third kappa shape index (κ3) is 4.36. The quantitative estimate of drug-likeness (QED) is 0.644. The second-order valence-electron chi connectivity index (χ2n) is 8.42. The lowest BCUT2D eigenvalue weighted by molar-refractivity contribution is 0.411. The van der Waals surface area contributed by atoms with E-state index in [-0.39, 0.29) is 0 Å².